The lowest BCUT2D eigenvalue weighted by Gasteiger charge is -2.36. The summed E-state index contributed by atoms with van der Waals surface area (Å²) in [7, 11) is 1.57. The number of hydrogen-bond acceptors (Lipinski definition) is 4. The van der Waals surface area contributed by atoms with Crippen LogP contribution in [0.1, 0.15) is 29.7 Å². The van der Waals surface area contributed by atoms with Crippen LogP contribution in [0.25, 0.3) is 0 Å². The molecule has 3 rings (SSSR count). The van der Waals surface area contributed by atoms with Gasteiger partial charge in [-0.05, 0) is 42.3 Å². The van der Waals surface area contributed by atoms with E-state index in [-0.39, 0.29) is 6.04 Å². The third-order valence-corrected chi connectivity index (χ3v) is 4.85. The number of methoxy groups -OCH3 is 1. The molecule has 1 saturated heterocycles. The van der Waals surface area contributed by atoms with Crippen molar-refractivity contribution >= 4 is 0 Å². The van der Waals surface area contributed by atoms with Gasteiger partial charge in [-0.2, -0.15) is 13.2 Å². The molecule has 1 N–H and O–H groups in total. The molecule has 0 saturated carbocycles. The van der Waals surface area contributed by atoms with Crippen molar-refractivity contribution < 1.29 is 22.6 Å². The molecule has 1 heterocycles. The summed E-state index contributed by atoms with van der Waals surface area (Å²) in [5.41, 5.74) is 0.860. The second kappa shape index (κ2) is 8.84. The van der Waals surface area contributed by atoms with Gasteiger partial charge in [0.05, 0.1) is 25.3 Å². The fourth-order valence-electron chi connectivity index (χ4n) is 3.57. The molecule has 28 heavy (non-hydrogen) atoms. The van der Waals surface area contributed by atoms with Crippen LogP contribution in [0.3, 0.4) is 0 Å². The van der Waals surface area contributed by atoms with Gasteiger partial charge in [0.25, 0.3) is 0 Å². The summed E-state index contributed by atoms with van der Waals surface area (Å²) in [4.78, 5) is 2.20. The Balaban J connectivity index is 2.07. The van der Waals surface area contributed by atoms with Crippen LogP contribution in [-0.4, -0.2) is 44.8 Å². The van der Waals surface area contributed by atoms with Crippen molar-refractivity contribution in [1.29, 1.82) is 0 Å². The molecule has 0 radical (unpaired) electrons. The molecule has 0 spiro atoms. The smallest absolute Gasteiger partial charge is 0.416 e. The second-order valence-electron chi connectivity index (χ2n) is 6.66. The van der Waals surface area contributed by atoms with Crippen LogP contribution in [-0.2, 0) is 6.18 Å². The van der Waals surface area contributed by atoms with E-state index in [0.717, 1.165) is 37.8 Å². The quantitative estimate of drug-likeness (QED) is 0.800. The van der Waals surface area contributed by atoms with Gasteiger partial charge in [0, 0.05) is 26.2 Å². The molecule has 1 aliphatic heterocycles. The summed E-state index contributed by atoms with van der Waals surface area (Å²) in [6, 6.07) is 10.9. The van der Waals surface area contributed by atoms with Crippen LogP contribution in [0.15, 0.2) is 42.5 Å². The fourth-order valence-corrected chi connectivity index (χ4v) is 3.57. The molecule has 1 aliphatic rings. The highest BCUT2D eigenvalue weighted by molar-refractivity contribution is 5.46. The molecular weight excluding hydrogens is 369 g/mol. The number of halogens is 3. The molecule has 0 bridgehead atoms. The van der Waals surface area contributed by atoms with Crippen LogP contribution in [0.2, 0.25) is 0 Å². The molecule has 1 unspecified atom stereocenters. The Morgan fingerprint density at radius 2 is 1.75 bits per heavy atom. The summed E-state index contributed by atoms with van der Waals surface area (Å²) in [5, 5.41) is 3.29. The van der Waals surface area contributed by atoms with Gasteiger partial charge >= 0.3 is 6.18 Å². The van der Waals surface area contributed by atoms with E-state index in [1.165, 1.54) is 12.1 Å². The number of piperazine rings is 1. The van der Waals surface area contributed by atoms with Gasteiger partial charge in [-0.25, -0.2) is 0 Å². The Morgan fingerprint density at radius 1 is 1.04 bits per heavy atom. The van der Waals surface area contributed by atoms with Gasteiger partial charge in [-0.3, -0.25) is 4.90 Å². The normalized spacial score (nSPS) is 16.6. The Labute approximate surface area is 163 Å². The molecule has 2 aromatic carbocycles. The molecule has 1 atom stereocenters. The lowest BCUT2D eigenvalue weighted by atomic mass is 9.94. The van der Waals surface area contributed by atoms with Crippen LogP contribution < -0.4 is 14.8 Å². The van der Waals surface area contributed by atoms with Crippen molar-refractivity contribution in [2.45, 2.75) is 19.1 Å². The number of nitrogens with zero attached hydrogens (tertiary/aromatic N) is 1. The third kappa shape index (κ3) is 4.59. The minimum atomic E-state index is -4.37. The number of alkyl halides is 3. The molecule has 1 fully saturated rings. The van der Waals surface area contributed by atoms with E-state index in [1.807, 2.05) is 25.1 Å². The van der Waals surface area contributed by atoms with E-state index in [0.29, 0.717) is 23.7 Å². The van der Waals surface area contributed by atoms with Gasteiger partial charge in [0.15, 0.2) is 11.5 Å². The van der Waals surface area contributed by atoms with E-state index in [1.54, 1.807) is 13.2 Å². The number of nitrogens with one attached hydrogen (secondary N) is 1. The minimum absolute atomic E-state index is 0.297. The molecule has 4 nitrogen and oxygen atoms in total. The first-order valence-electron chi connectivity index (χ1n) is 9.36. The number of benzene rings is 2. The summed E-state index contributed by atoms with van der Waals surface area (Å²) < 4.78 is 50.9. The topological polar surface area (TPSA) is 33.7 Å². The summed E-state index contributed by atoms with van der Waals surface area (Å²) in [5.74, 6) is 1.20. The van der Waals surface area contributed by atoms with Gasteiger partial charge in [0.1, 0.15) is 0 Å². The fraction of sp³-hybridized carbons (Fsp3) is 0.429. The van der Waals surface area contributed by atoms with Gasteiger partial charge in [-0.1, -0.05) is 18.2 Å². The lowest BCUT2D eigenvalue weighted by molar-refractivity contribution is -0.137. The molecule has 0 aromatic heterocycles. The maximum Gasteiger partial charge on any atom is 0.416 e. The highest BCUT2D eigenvalue weighted by Crippen LogP contribution is 2.37. The van der Waals surface area contributed by atoms with E-state index in [4.69, 9.17) is 9.47 Å². The molecular formula is C21H25F3N2O2. The van der Waals surface area contributed by atoms with Gasteiger partial charge in [0.2, 0.25) is 0 Å². The van der Waals surface area contributed by atoms with Crippen LogP contribution >= 0.6 is 0 Å². The Morgan fingerprint density at radius 3 is 2.39 bits per heavy atom. The van der Waals surface area contributed by atoms with Crippen molar-refractivity contribution in [2.75, 3.05) is 39.9 Å². The van der Waals surface area contributed by atoms with Crippen molar-refractivity contribution in [3.8, 4) is 11.5 Å². The highest BCUT2D eigenvalue weighted by atomic mass is 19.4. The first-order valence-corrected chi connectivity index (χ1v) is 9.36. The Bertz CT molecular complexity index is 789. The summed E-state index contributed by atoms with van der Waals surface area (Å²) in [6.45, 7) is 5.44. The van der Waals surface area contributed by atoms with Crippen LogP contribution in [0.5, 0.6) is 11.5 Å². The number of rotatable bonds is 6. The van der Waals surface area contributed by atoms with E-state index < -0.39 is 11.7 Å². The summed E-state index contributed by atoms with van der Waals surface area (Å²) >= 11 is 0. The zero-order valence-corrected chi connectivity index (χ0v) is 16.1. The second-order valence-corrected chi connectivity index (χ2v) is 6.66. The largest absolute Gasteiger partial charge is 0.493 e. The first kappa shape index (κ1) is 20.5. The van der Waals surface area contributed by atoms with Gasteiger partial charge in [-0.15, -0.1) is 0 Å². The maximum atomic E-state index is 13.3. The average Bonchev–Trinajstić information content (AvgIpc) is 2.69. The molecule has 0 aliphatic carbocycles. The number of hydrogen-bond donors (Lipinski definition) is 1. The van der Waals surface area contributed by atoms with Crippen molar-refractivity contribution in [3.63, 3.8) is 0 Å². The third-order valence-electron chi connectivity index (χ3n) is 4.85. The van der Waals surface area contributed by atoms with Crippen molar-refractivity contribution in [3.05, 3.63) is 59.2 Å². The van der Waals surface area contributed by atoms with E-state index in [9.17, 15) is 13.2 Å². The summed E-state index contributed by atoms with van der Waals surface area (Å²) in [6.07, 6.45) is -4.37. The average molecular weight is 394 g/mol. The van der Waals surface area contributed by atoms with Crippen LogP contribution in [0.4, 0.5) is 13.2 Å². The standard InChI is InChI=1S/C21H25F3N2O2/c1-3-28-19-14-16(7-8-18(19)27-2)20(26-11-9-25-10-12-26)15-5-4-6-17(13-15)21(22,23)24/h4-8,13-14,20,25H,3,9-12H2,1-2H3. The van der Waals surface area contributed by atoms with Crippen molar-refractivity contribution in [1.82, 2.24) is 10.2 Å². The van der Waals surface area contributed by atoms with E-state index in [2.05, 4.69) is 10.2 Å². The predicted octanol–water partition coefficient (Wildman–Crippen LogP) is 4.11. The zero-order chi connectivity index (χ0) is 20.1. The number of ether oxygens (including phenoxy) is 2. The minimum Gasteiger partial charge on any atom is -0.493 e. The lowest BCUT2D eigenvalue weighted by Crippen LogP contribution is -2.45. The van der Waals surface area contributed by atoms with E-state index >= 15 is 0 Å². The molecule has 0 amide bonds. The maximum absolute atomic E-state index is 13.3. The zero-order valence-electron chi connectivity index (χ0n) is 16.1. The Kier molecular flexibility index (Phi) is 6.46. The van der Waals surface area contributed by atoms with Crippen LogP contribution in [0, 0.1) is 0 Å². The molecule has 7 heteroatoms. The SMILES string of the molecule is CCOc1cc(C(c2cccc(C(F)(F)F)c2)N2CCNCC2)ccc1OC. The van der Waals surface area contributed by atoms with Crippen molar-refractivity contribution in [2.24, 2.45) is 0 Å². The monoisotopic (exact) mass is 394 g/mol. The predicted molar refractivity (Wildman–Crippen MR) is 102 cm³/mol. The highest BCUT2D eigenvalue weighted by Gasteiger charge is 2.32. The van der Waals surface area contributed by atoms with Gasteiger partial charge < -0.3 is 14.8 Å². The first-order chi connectivity index (χ1) is 13.4. The molecule has 152 valence electrons. The Hall–Kier alpha value is -2.25. The molecule has 2 aromatic rings.